The third-order valence-electron chi connectivity index (χ3n) is 6.27. The molecule has 10 heteroatoms. The maximum absolute atomic E-state index is 13.2. The minimum Gasteiger partial charge on any atom is -0.380 e. The second kappa shape index (κ2) is 11.2. The number of ether oxygens (including phenoxy) is 1. The number of para-hydroxylation sites is 1. The van der Waals surface area contributed by atoms with Crippen LogP contribution in [0.5, 0.6) is 0 Å². The van der Waals surface area contributed by atoms with Gasteiger partial charge < -0.3 is 15.4 Å². The molecule has 0 saturated carbocycles. The number of ketones is 1. The van der Waals surface area contributed by atoms with Crippen molar-refractivity contribution >= 4 is 34.4 Å². The van der Waals surface area contributed by atoms with Gasteiger partial charge in [0.1, 0.15) is 0 Å². The molecule has 2 aromatic carbocycles. The third kappa shape index (κ3) is 6.30. The Morgan fingerprint density at radius 2 is 1.89 bits per heavy atom. The number of Topliss-reactive ketones (excluding diaryl/α,β-unsaturated/α-hetero) is 1. The van der Waals surface area contributed by atoms with Gasteiger partial charge in [-0.15, -0.1) is 11.3 Å². The molecule has 36 heavy (non-hydrogen) atoms. The fourth-order valence-corrected chi connectivity index (χ4v) is 4.82. The van der Waals surface area contributed by atoms with E-state index in [0.717, 1.165) is 11.6 Å². The molecule has 0 radical (unpaired) electrons. The van der Waals surface area contributed by atoms with Gasteiger partial charge in [0.25, 0.3) is 0 Å². The van der Waals surface area contributed by atoms with E-state index in [9.17, 15) is 22.8 Å². The lowest BCUT2D eigenvalue weighted by atomic mass is 9.80. The summed E-state index contributed by atoms with van der Waals surface area (Å²) >= 11 is 1.31. The van der Waals surface area contributed by atoms with Gasteiger partial charge in [0.2, 0.25) is 5.91 Å². The van der Waals surface area contributed by atoms with Gasteiger partial charge in [-0.1, -0.05) is 24.3 Å². The first-order chi connectivity index (χ1) is 17.3. The normalized spacial score (nSPS) is 17.6. The third-order valence-corrected chi connectivity index (χ3v) is 7.08. The molecule has 1 unspecified atom stereocenters. The molecule has 1 aliphatic heterocycles. The van der Waals surface area contributed by atoms with E-state index in [1.807, 2.05) is 0 Å². The zero-order valence-corrected chi connectivity index (χ0v) is 20.3. The highest BCUT2D eigenvalue weighted by Gasteiger charge is 2.41. The number of anilines is 2. The van der Waals surface area contributed by atoms with Crippen LogP contribution in [0, 0.1) is 5.41 Å². The zero-order valence-electron chi connectivity index (χ0n) is 19.4. The molecule has 0 bridgehead atoms. The van der Waals surface area contributed by atoms with Gasteiger partial charge >= 0.3 is 6.18 Å². The van der Waals surface area contributed by atoms with E-state index in [-0.39, 0.29) is 23.9 Å². The maximum atomic E-state index is 13.2. The van der Waals surface area contributed by atoms with Crippen molar-refractivity contribution < 1.29 is 27.5 Å². The van der Waals surface area contributed by atoms with Gasteiger partial charge in [0.15, 0.2) is 5.78 Å². The molecular formula is C26H26F3N3O3S. The number of nitrogens with zero attached hydrogens (tertiary/aromatic N) is 1. The highest BCUT2D eigenvalue weighted by molar-refractivity contribution is 7.11. The number of amides is 1. The SMILES string of the molecule is O=C(CCCC1(C(=O)NCc2ccc(Nc3ccccc3C(F)(F)F)cc2)CCOC1)c1cncs1. The average molecular weight is 518 g/mol. The first kappa shape index (κ1) is 25.8. The van der Waals surface area contributed by atoms with Gasteiger partial charge in [-0.3, -0.25) is 14.6 Å². The maximum Gasteiger partial charge on any atom is 0.418 e. The Morgan fingerprint density at radius 1 is 1.11 bits per heavy atom. The van der Waals surface area contributed by atoms with Gasteiger partial charge in [0, 0.05) is 31.5 Å². The number of halogens is 3. The number of aromatic nitrogens is 1. The Bertz CT molecular complexity index is 1180. The molecule has 1 atom stereocenters. The van der Waals surface area contributed by atoms with Crippen molar-refractivity contribution in [2.75, 3.05) is 18.5 Å². The summed E-state index contributed by atoms with van der Waals surface area (Å²) in [5.74, 6) is -0.0925. The van der Waals surface area contributed by atoms with Crippen molar-refractivity contribution in [3.05, 3.63) is 76.2 Å². The molecule has 1 aliphatic rings. The van der Waals surface area contributed by atoms with Crippen molar-refractivity contribution in [1.82, 2.24) is 10.3 Å². The van der Waals surface area contributed by atoms with Crippen LogP contribution in [0.25, 0.3) is 0 Å². The van der Waals surface area contributed by atoms with E-state index in [1.54, 1.807) is 42.0 Å². The van der Waals surface area contributed by atoms with Gasteiger partial charge in [-0.2, -0.15) is 13.2 Å². The molecule has 0 spiro atoms. The summed E-state index contributed by atoms with van der Waals surface area (Å²) in [6, 6.07) is 12.2. The highest BCUT2D eigenvalue weighted by Crippen LogP contribution is 2.36. The predicted molar refractivity (Wildman–Crippen MR) is 131 cm³/mol. The summed E-state index contributed by atoms with van der Waals surface area (Å²) in [6.07, 6.45) is -0.831. The quantitative estimate of drug-likeness (QED) is 0.324. The van der Waals surface area contributed by atoms with Crippen LogP contribution in [0.2, 0.25) is 0 Å². The number of hydrogen-bond donors (Lipinski definition) is 2. The molecule has 1 saturated heterocycles. The van der Waals surface area contributed by atoms with E-state index >= 15 is 0 Å². The number of benzene rings is 2. The van der Waals surface area contributed by atoms with E-state index in [1.165, 1.54) is 23.5 Å². The van der Waals surface area contributed by atoms with Crippen LogP contribution in [0.15, 0.2) is 60.2 Å². The Balaban J connectivity index is 1.32. The highest BCUT2D eigenvalue weighted by atomic mass is 32.1. The van der Waals surface area contributed by atoms with Crippen LogP contribution < -0.4 is 10.6 Å². The van der Waals surface area contributed by atoms with E-state index < -0.39 is 17.2 Å². The van der Waals surface area contributed by atoms with Crippen molar-refractivity contribution in [3.8, 4) is 0 Å². The molecule has 190 valence electrons. The number of nitrogens with one attached hydrogen (secondary N) is 2. The molecule has 1 amide bonds. The molecule has 0 aliphatic carbocycles. The average Bonchev–Trinajstić information content (AvgIpc) is 3.56. The van der Waals surface area contributed by atoms with Crippen LogP contribution in [-0.2, 0) is 22.3 Å². The predicted octanol–water partition coefficient (Wildman–Crippen LogP) is 5.98. The molecule has 3 aromatic rings. The van der Waals surface area contributed by atoms with Gasteiger partial charge in [-0.25, -0.2) is 0 Å². The number of rotatable bonds is 10. The molecule has 1 aromatic heterocycles. The first-order valence-corrected chi connectivity index (χ1v) is 12.4. The van der Waals surface area contributed by atoms with Gasteiger partial charge in [-0.05, 0) is 49.1 Å². The minimum absolute atomic E-state index is 0.0250. The van der Waals surface area contributed by atoms with Crippen molar-refractivity contribution in [1.29, 1.82) is 0 Å². The zero-order chi connectivity index (χ0) is 25.6. The van der Waals surface area contributed by atoms with Crippen LogP contribution in [-0.4, -0.2) is 29.9 Å². The monoisotopic (exact) mass is 517 g/mol. The number of hydrogen-bond acceptors (Lipinski definition) is 6. The fraction of sp³-hybridized carbons (Fsp3) is 0.346. The van der Waals surface area contributed by atoms with Crippen LogP contribution in [0.4, 0.5) is 24.5 Å². The van der Waals surface area contributed by atoms with Crippen LogP contribution in [0.1, 0.15) is 46.5 Å². The van der Waals surface area contributed by atoms with Crippen LogP contribution in [0.3, 0.4) is 0 Å². The lowest BCUT2D eigenvalue weighted by Crippen LogP contribution is -2.41. The Kier molecular flexibility index (Phi) is 8.05. The standard InChI is InChI=1S/C26H26F3N3O3S/c27-26(28,29)20-4-1-2-5-21(20)32-19-9-7-18(8-10-19)14-31-24(34)25(12-13-35-16-25)11-3-6-22(33)23-15-30-17-36-23/h1-2,4-5,7-10,15,17,32H,3,6,11-14,16H2,(H,31,34). The second-order valence-electron chi connectivity index (χ2n) is 8.77. The summed E-state index contributed by atoms with van der Waals surface area (Å²) in [5.41, 5.74) is 1.51. The smallest absolute Gasteiger partial charge is 0.380 e. The molecule has 1 fully saturated rings. The first-order valence-electron chi connectivity index (χ1n) is 11.6. The summed E-state index contributed by atoms with van der Waals surface area (Å²) in [4.78, 5) is 29.9. The Morgan fingerprint density at radius 3 is 2.56 bits per heavy atom. The lowest BCUT2D eigenvalue weighted by Gasteiger charge is -2.26. The molecule has 2 N–H and O–H groups in total. The van der Waals surface area contributed by atoms with Crippen molar-refractivity contribution in [2.24, 2.45) is 5.41 Å². The largest absolute Gasteiger partial charge is 0.418 e. The molecule has 4 rings (SSSR count). The van der Waals surface area contributed by atoms with Crippen molar-refractivity contribution in [3.63, 3.8) is 0 Å². The summed E-state index contributed by atoms with van der Waals surface area (Å²) in [6.45, 7) is 1.09. The van der Waals surface area contributed by atoms with E-state index in [4.69, 9.17) is 4.74 Å². The Labute approximate surface area is 210 Å². The number of alkyl halides is 3. The second-order valence-corrected chi connectivity index (χ2v) is 9.66. The molecule has 6 nitrogen and oxygen atoms in total. The summed E-state index contributed by atoms with van der Waals surface area (Å²) < 4.78 is 45.2. The fourth-order valence-electron chi connectivity index (χ4n) is 4.23. The van der Waals surface area contributed by atoms with Gasteiger partial charge in [0.05, 0.1) is 33.7 Å². The lowest BCUT2D eigenvalue weighted by molar-refractivity contribution is -0.137. The summed E-state index contributed by atoms with van der Waals surface area (Å²) in [5, 5.41) is 5.77. The van der Waals surface area contributed by atoms with E-state index in [2.05, 4.69) is 15.6 Å². The Hall–Kier alpha value is -3.24. The van der Waals surface area contributed by atoms with Crippen molar-refractivity contribution in [2.45, 2.75) is 38.4 Å². The molecule has 2 heterocycles. The molecular weight excluding hydrogens is 491 g/mol. The van der Waals surface area contributed by atoms with E-state index in [0.29, 0.717) is 49.5 Å². The minimum atomic E-state index is -4.46. The number of carbonyl (C=O) groups is 2. The summed E-state index contributed by atoms with van der Waals surface area (Å²) in [7, 11) is 0. The number of thiazole rings is 1. The topological polar surface area (TPSA) is 80.3 Å². The number of carbonyl (C=O) groups excluding carboxylic acids is 2. The van der Waals surface area contributed by atoms with Crippen LogP contribution >= 0.6 is 11.3 Å².